The van der Waals surface area contributed by atoms with Crippen LogP contribution < -0.4 is 4.74 Å². The smallest absolute Gasteiger partial charge is 0.154 e. The van der Waals surface area contributed by atoms with Crippen molar-refractivity contribution in [2.45, 2.75) is 0 Å². The summed E-state index contributed by atoms with van der Waals surface area (Å²) < 4.78 is 4.93. The second-order valence-electron chi connectivity index (χ2n) is 1.70. The molecule has 0 aliphatic rings. The fraction of sp³-hybridized carbons (Fsp3) is 0.125. The summed E-state index contributed by atoms with van der Waals surface area (Å²) in [5.41, 5.74) is 0.546. The zero-order chi connectivity index (χ0) is 7.40. The molecule has 0 atom stereocenters. The van der Waals surface area contributed by atoms with Crippen LogP contribution in [0.5, 0.6) is 5.75 Å². The fourth-order valence-corrected chi connectivity index (χ4v) is 0.664. The minimum absolute atomic E-state index is 0.546. The van der Waals surface area contributed by atoms with Crippen LogP contribution in [0.1, 0.15) is 5.69 Å². The maximum atomic E-state index is 5.13. The first-order valence-electron chi connectivity index (χ1n) is 2.84. The van der Waals surface area contributed by atoms with E-state index in [0.717, 1.165) is 0 Å². The van der Waals surface area contributed by atoms with Crippen molar-refractivity contribution in [2.24, 2.45) is 0 Å². The SMILES string of the molecule is C#Cc1ncccc1OC. The van der Waals surface area contributed by atoms with Crippen LogP contribution in [-0.4, -0.2) is 12.1 Å². The van der Waals surface area contributed by atoms with Gasteiger partial charge >= 0.3 is 0 Å². The largest absolute Gasteiger partial charge is 0.494 e. The Labute approximate surface area is 59.9 Å². The molecule has 0 aliphatic heterocycles. The average molecular weight is 133 g/mol. The molecule has 0 fully saturated rings. The molecule has 0 amide bonds. The first-order valence-corrected chi connectivity index (χ1v) is 2.84. The van der Waals surface area contributed by atoms with Gasteiger partial charge in [-0.2, -0.15) is 0 Å². The summed E-state index contributed by atoms with van der Waals surface area (Å²) >= 11 is 0. The lowest BCUT2D eigenvalue weighted by molar-refractivity contribution is 0.411. The van der Waals surface area contributed by atoms with Crippen LogP contribution in [0.4, 0.5) is 0 Å². The molecule has 1 aromatic heterocycles. The summed E-state index contributed by atoms with van der Waals surface area (Å²) in [4.78, 5) is 3.91. The summed E-state index contributed by atoms with van der Waals surface area (Å²) in [5, 5.41) is 0. The third-order valence-corrected chi connectivity index (χ3v) is 1.13. The van der Waals surface area contributed by atoms with Crippen LogP contribution in [0, 0.1) is 12.3 Å². The Morgan fingerprint density at radius 3 is 3.00 bits per heavy atom. The summed E-state index contributed by atoms with van der Waals surface area (Å²) in [6.45, 7) is 0. The van der Waals surface area contributed by atoms with Gasteiger partial charge < -0.3 is 4.74 Å². The average Bonchev–Trinajstić information content (AvgIpc) is 2.04. The van der Waals surface area contributed by atoms with Crippen molar-refractivity contribution < 1.29 is 4.74 Å². The van der Waals surface area contributed by atoms with Gasteiger partial charge in [-0.25, -0.2) is 4.98 Å². The molecule has 0 saturated carbocycles. The molecule has 0 radical (unpaired) electrons. The summed E-state index contributed by atoms with van der Waals surface area (Å²) in [5.74, 6) is 3.05. The molecule has 0 spiro atoms. The lowest BCUT2D eigenvalue weighted by Crippen LogP contribution is -1.89. The second-order valence-corrected chi connectivity index (χ2v) is 1.70. The van der Waals surface area contributed by atoms with Gasteiger partial charge in [-0.1, -0.05) is 0 Å². The molecule has 0 saturated heterocycles. The molecule has 0 aromatic carbocycles. The van der Waals surface area contributed by atoms with E-state index in [1.807, 2.05) is 0 Å². The highest BCUT2D eigenvalue weighted by Crippen LogP contribution is 2.11. The van der Waals surface area contributed by atoms with E-state index < -0.39 is 0 Å². The minimum Gasteiger partial charge on any atom is -0.494 e. The van der Waals surface area contributed by atoms with Crippen LogP contribution in [-0.2, 0) is 0 Å². The maximum absolute atomic E-state index is 5.13. The Morgan fingerprint density at radius 2 is 2.50 bits per heavy atom. The van der Waals surface area contributed by atoms with Crippen LogP contribution >= 0.6 is 0 Å². The van der Waals surface area contributed by atoms with Gasteiger partial charge in [-0.05, 0) is 18.1 Å². The molecular weight excluding hydrogens is 126 g/mol. The Hall–Kier alpha value is -1.49. The van der Waals surface area contributed by atoms with E-state index in [-0.39, 0.29) is 0 Å². The van der Waals surface area contributed by atoms with Crippen LogP contribution in [0.2, 0.25) is 0 Å². The van der Waals surface area contributed by atoms with E-state index in [2.05, 4.69) is 10.9 Å². The van der Waals surface area contributed by atoms with E-state index in [4.69, 9.17) is 11.2 Å². The molecule has 10 heavy (non-hydrogen) atoms. The summed E-state index contributed by atoms with van der Waals surface area (Å²) in [7, 11) is 1.57. The Morgan fingerprint density at radius 1 is 1.70 bits per heavy atom. The van der Waals surface area contributed by atoms with Crippen LogP contribution in [0.3, 0.4) is 0 Å². The molecule has 2 heteroatoms. The normalized spacial score (nSPS) is 8.40. The van der Waals surface area contributed by atoms with E-state index in [1.165, 1.54) is 0 Å². The number of hydrogen-bond acceptors (Lipinski definition) is 2. The van der Waals surface area contributed by atoms with E-state index in [0.29, 0.717) is 11.4 Å². The Balaban J connectivity index is 3.12. The molecule has 0 unspecified atom stereocenters. The topological polar surface area (TPSA) is 22.1 Å². The predicted octanol–water partition coefficient (Wildman–Crippen LogP) is 1.07. The molecule has 50 valence electrons. The van der Waals surface area contributed by atoms with E-state index in [1.54, 1.807) is 25.4 Å². The number of methoxy groups -OCH3 is 1. The molecule has 0 aliphatic carbocycles. The number of ether oxygens (including phenoxy) is 1. The number of nitrogens with zero attached hydrogens (tertiary/aromatic N) is 1. The monoisotopic (exact) mass is 133 g/mol. The zero-order valence-corrected chi connectivity index (χ0v) is 5.66. The van der Waals surface area contributed by atoms with Crippen molar-refractivity contribution in [3.63, 3.8) is 0 Å². The zero-order valence-electron chi connectivity index (χ0n) is 5.66. The van der Waals surface area contributed by atoms with Crippen molar-refractivity contribution in [3.05, 3.63) is 24.0 Å². The van der Waals surface area contributed by atoms with Gasteiger partial charge in [0, 0.05) is 6.20 Å². The lowest BCUT2D eigenvalue weighted by atomic mass is 10.3. The number of terminal acetylenes is 1. The lowest BCUT2D eigenvalue weighted by Gasteiger charge is -1.98. The molecule has 1 aromatic rings. The molecule has 0 bridgehead atoms. The van der Waals surface area contributed by atoms with Crippen molar-refractivity contribution in [2.75, 3.05) is 7.11 Å². The third kappa shape index (κ3) is 1.08. The summed E-state index contributed by atoms with van der Waals surface area (Å²) in [6, 6.07) is 3.56. The Bertz CT molecular complexity index is 262. The summed E-state index contributed by atoms with van der Waals surface area (Å²) in [6.07, 6.45) is 6.77. The molecule has 0 N–H and O–H groups in total. The van der Waals surface area contributed by atoms with Crippen LogP contribution in [0.25, 0.3) is 0 Å². The van der Waals surface area contributed by atoms with E-state index in [9.17, 15) is 0 Å². The minimum atomic E-state index is 0.546. The van der Waals surface area contributed by atoms with Gasteiger partial charge in [0.05, 0.1) is 7.11 Å². The van der Waals surface area contributed by atoms with E-state index >= 15 is 0 Å². The van der Waals surface area contributed by atoms with Crippen molar-refractivity contribution in [3.8, 4) is 18.1 Å². The number of aromatic nitrogens is 1. The van der Waals surface area contributed by atoms with Gasteiger partial charge in [-0.15, -0.1) is 6.42 Å². The van der Waals surface area contributed by atoms with Crippen molar-refractivity contribution >= 4 is 0 Å². The number of pyridine rings is 1. The van der Waals surface area contributed by atoms with Gasteiger partial charge in [0.15, 0.2) is 11.4 Å². The molecular formula is C8H7NO. The third-order valence-electron chi connectivity index (χ3n) is 1.13. The first-order chi connectivity index (χ1) is 4.88. The first kappa shape index (κ1) is 6.63. The van der Waals surface area contributed by atoms with Gasteiger partial charge in [0.1, 0.15) is 0 Å². The highest BCUT2D eigenvalue weighted by molar-refractivity contribution is 5.38. The van der Waals surface area contributed by atoms with Gasteiger partial charge in [0.25, 0.3) is 0 Å². The molecule has 1 heterocycles. The van der Waals surface area contributed by atoms with Gasteiger partial charge in [0.2, 0.25) is 0 Å². The van der Waals surface area contributed by atoms with Gasteiger partial charge in [-0.3, -0.25) is 0 Å². The van der Waals surface area contributed by atoms with Crippen molar-refractivity contribution in [1.82, 2.24) is 4.98 Å². The number of hydrogen-bond donors (Lipinski definition) is 0. The quantitative estimate of drug-likeness (QED) is 0.534. The Kier molecular flexibility index (Phi) is 1.91. The molecule has 1 rings (SSSR count). The highest BCUT2D eigenvalue weighted by Gasteiger charge is 1.96. The maximum Gasteiger partial charge on any atom is 0.154 e. The predicted molar refractivity (Wildman–Crippen MR) is 38.7 cm³/mol. The highest BCUT2D eigenvalue weighted by atomic mass is 16.5. The molecule has 2 nitrogen and oxygen atoms in total. The fourth-order valence-electron chi connectivity index (χ4n) is 0.664. The second kappa shape index (κ2) is 2.88. The van der Waals surface area contributed by atoms with Crippen molar-refractivity contribution in [1.29, 1.82) is 0 Å². The van der Waals surface area contributed by atoms with Crippen LogP contribution in [0.15, 0.2) is 18.3 Å². The number of rotatable bonds is 1. The standard InChI is InChI=1S/C8H7NO/c1-3-7-8(10-2)5-4-6-9-7/h1,4-6H,2H3.